The van der Waals surface area contributed by atoms with Crippen LogP contribution in [0.15, 0.2) is 18.2 Å². The summed E-state index contributed by atoms with van der Waals surface area (Å²) < 4.78 is 13.2. The van der Waals surface area contributed by atoms with E-state index < -0.39 is 5.82 Å². The minimum Gasteiger partial charge on any atom is -0.393 e. The van der Waals surface area contributed by atoms with E-state index in [0.717, 1.165) is 24.3 Å². The molecule has 3 heteroatoms. The Morgan fingerprint density at radius 1 is 1.33 bits per heavy atom. The zero-order valence-corrected chi connectivity index (χ0v) is 11.3. The Bertz CT molecular complexity index is 388. The van der Waals surface area contributed by atoms with Crippen molar-refractivity contribution in [1.82, 2.24) is 0 Å². The Labute approximate surface area is 113 Å². The van der Waals surface area contributed by atoms with Gasteiger partial charge in [-0.15, -0.1) is 0 Å². The number of benzene rings is 1. The summed E-state index contributed by atoms with van der Waals surface area (Å²) in [5, 5.41) is 10.1. The monoisotopic (exact) mass is 270 g/mol. The van der Waals surface area contributed by atoms with Crippen LogP contribution >= 0.6 is 11.6 Å². The van der Waals surface area contributed by atoms with Crippen molar-refractivity contribution in [1.29, 1.82) is 0 Å². The highest BCUT2D eigenvalue weighted by molar-refractivity contribution is 6.30. The molecule has 1 atom stereocenters. The van der Waals surface area contributed by atoms with Gasteiger partial charge in [0.05, 0.1) is 11.1 Å². The fourth-order valence-electron chi connectivity index (χ4n) is 2.77. The van der Waals surface area contributed by atoms with Crippen LogP contribution in [-0.2, 0) is 6.42 Å². The lowest BCUT2D eigenvalue weighted by molar-refractivity contribution is 0.155. The van der Waals surface area contributed by atoms with Crippen LogP contribution in [0.1, 0.15) is 44.1 Å². The lowest BCUT2D eigenvalue weighted by Crippen LogP contribution is -2.12. The predicted octanol–water partition coefficient (Wildman–Crippen LogP) is 4.35. The Balaban J connectivity index is 1.78. The number of hydrogen-bond donors (Lipinski definition) is 1. The highest BCUT2D eigenvalue weighted by atomic mass is 35.5. The lowest BCUT2D eigenvalue weighted by Gasteiger charge is -2.14. The van der Waals surface area contributed by atoms with Gasteiger partial charge in [0, 0.05) is 0 Å². The van der Waals surface area contributed by atoms with E-state index in [9.17, 15) is 9.50 Å². The molecular formula is C15H20ClFO. The molecule has 1 aliphatic rings. The molecule has 1 N–H and O–H groups in total. The molecular weight excluding hydrogens is 251 g/mol. The van der Waals surface area contributed by atoms with Gasteiger partial charge in [-0.3, -0.25) is 0 Å². The number of aliphatic hydroxyl groups is 1. The van der Waals surface area contributed by atoms with Gasteiger partial charge in [-0.25, -0.2) is 4.39 Å². The van der Waals surface area contributed by atoms with Crippen molar-refractivity contribution in [3.8, 4) is 0 Å². The maximum Gasteiger partial charge on any atom is 0.142 e. The van der Waals surface area contributed by atoms with Gasteiger partial charge in [0.1, 0.15) is 5.82 Å². The van der Waals surface area contributed by atoms with E-state index in [0.29, 0.717) is 6.42 Å². The van der Waals surface area contributed by atoms with Crippen LogP contribution in [0.3, 0.4) is 0 Å². The van der Waals surface area contributed by atoms with Gasteiger partial charge >= 0.3 is 0 Å². The Morgan fingerprint density at radius 2 is 2.06 bits per heavy atom. The number of rotatable bonds is 5. The van der Waals surface area contributed by atoms with Crippen LogP contribution in [0.4, 0.5) is 4.39 Å². The molecule has 0 radical (unpaired) electrons. The minimum absolute atomic E-state index is 0.138. The fourth-order valence-corrected chi connectivity index (χ4v) is 2.89. The van der Waals surface area contributed by atoms with E-state index in [1.807, 2.05) is 0 Å². The molecule has 18 heavy (non-hydrogen) atoms. The van der Waals surface area contributed by atoms with Crippen LogP contribution in [0.2, 0.25) is 5.02 Å². The van der Waals surface area contributed by atoms with Crippen molar-refractivity contribution >= 4 is 11.6 Å². The SMILES string of the molecule is OC(CCC1CCCC1)Cc1ccc(Cl)c(F)c1. The Morgan fingerprint density at radius 3 is 2.72 bits per heavy atom. The number of halogens is 2. The first-order valence-electron chi connectivity index (χ1n) is 6.77. The fraction of sp³-hybridized carbons (Fsp3) is 0.600. The standard InChI is InChI=1S/C15H20ClFO/c16-14-8-6-12(10-15(14)17)9-13(18)7-5-11-3-1-2-4-11/h6,8,10-11,13,18H,1-5,7,9H2. The maximum atomic E-state index is 13.2. The third-order valence-corrected chi connectivity index (χ3v) is 4.14. The molecule has 1 nitrogen and oxygen atoms in total. The summed E-state index contributed by atoms with van der Waals surface area (Å²) >= 11 is 5.63. The zero-order valence-electron chi connectivity index (χ0n) is 10.5. The summed E-state index contributed by atoms with van der Waals surface area (Å²) in [5.41, 5.74) is 0.816. The molecule has 1 aromatic rings. The topological polar surface area (TPSA) is 20.2 Å². The van der Waals surface area contributed by atoms with Crippen LogP contribution in [-0.4, -0.2) is 11.2 Å². The lowest BCUT2D eigenvalue weighted by atomic mass is 9.97. The van der Waals surface area contributed by atoms with Crippen molar-refractivity contribution in [2.45, 2.75) is 51.0 Å². The average Bonchev–Trinajstić information content (AvgIpc) is 2.84. The summed E-state index contributed by atoms with van der Waals surface area (Å²) in [6.45, 7) is 0. The van der Waals surface area contributed by atoms with Crippen molar-refractivity contribution in [2.24, 2.45) is 5.92 Å². The molecule has 2 rings (SSSR count). The van der Waals surface area contributed by atoms with Gasteiger partial charge in [0.25, 0.3) is 0 Å². The van der Waals surface area contributed by atoms with E-state index >= 15 is 0 Å². The molecule has 0 heterocycles. The Kier molecular flexibility index (Phi) is 5.02. The maximum absolute atomic E-state index is 13.2. The normalized spacial score (nSPS) is 18.2. The van der Waals surface area contributed by atoms with Gasteiger partial charge in [-0.1, -0.05) is 43.4 Å². The molecule has 0 aromatic heterocycles. The highest BCUT2D eigenvalue weighted by Crippen LogP contribution is 2.29. The number of hydrogen-bond acceptors (Lipinski definition) is 1. The highest BCUT2D eigenvalue weighted by Gasteiger charge is 2.16. The van der Waals surface area contributed by atoms with Crippen LogP contribution in [0.25, 0.3) is 0 Å². The van der Waals surface area contributed by atoms with E-state index in [1.54, 1.807) is 12.1 Å². The predicted molar refractivity (Wildman–Crippen MR) is 72.3 cm³/mol. The molecule has 1 aromatic carbocycles. The third-order valence-electron chi connectivity index (χ3n) is 3.84. The molecule has 1 saturated carbocycles. The molecule has 1 unspecified atom stereocenters. The van der Waals surface area contributed by atoms with Crippen molar-refractivity contribution in [3.63, 3.8) is 0 Å². The zero-order chi connectivity index (χ0) is 13.0. The van der Waals surface area contributed by atoms with Crippen molar-refractivity contribution in [3.05, 3.63) is 34.6 Å². The van der Waals surface area contributed by atoms with Crippen LogP contribution in [0.5, 0.6) is 0 Å². The average molecular weight is 271 g/mol. The molecule has 0 saturated heterocycles. The van der Waals surface area contributed by atoms with E-state index in [4.69, 9.17) is 11.6 Å². The molecule has 0 amide bonds. The quantitative estimate of drug-likeness (QED) is 0.843. The molecule has 1 fully saturated rings. The summed E-state index contributed by atoms with van der Waals surface area (Å²) in [4.78, 5) is 0. The molecule has 1 aliphatic carbocycles. The van der Waals surface area contributed by atoms with Gasteiger partial charge in [0.2, 0.25) is 0 Å². The van der Waals surface area contributed by atoms with Crippen LogP contribution in [0, 0.1) is 11.7 Å². The molecule has 0 aliphatic heterocycles. The van der Waals surface area contributed by atoms with Crippen LogP contribution < -0.4 is 0 Å². The van der Waals surface area contributed by atoms with E-state index in [1.165, 1.54) is 31.7 Å². The smallest absolute Gasteiger partial charge is 0.142 e. The van der Waals surface area contributed by atoms with Gasteiger partial charge in [-0.05, 0) is 42.9 Å². The minimum atomic E-state index is -0.405. The van der Waals surface area contributed by atoms with Gasteiger partial charge < -0.3 is 5.11 Å². The Hall–Kier alpha value is -0.600. The summed E-state index contributed by atoms with van der Waals surface area (Å²) in [5.74, 6) is 0.388. The first kappa shape index (κ1) is 13.8. The van der Waals surface area contributed by atoms with Crippen molar-refractivity contribution in [2.75, 3.05) is 0 Å². The van der Waals surface area contributed by atoms with E-state index in [-0.39, 0.29) is 11.1 Å². The van der Waals surface area contributed by atoms with E-state index in [2.05, 4.69) is 0 Å². The molecule has 0 spiro atoms. The largest absolute Gasteiger partial charge is 0.393 e. The van der Waals surface area contributed by atoms with Gasteiger partial charge in [-0.2, -0.15) is 0 Å². The number of aliphatic hydroxyl groups excluding tert-OH is 1. The molecule has 0 bridgehead atoms. The first-order valence-corrected chi connectivity index (χ1v) is 7.15. The third kappa shape index (κ3) is 3.96. The summed E-state index contributed by atoms with van der Waals surface area (Å²) in [6.07, 6.45) is 7.34. The summed E-state index contributed by atoms with van der Waals surface area (Å²) in [7, 11) is 0. The second kappa shape index (κ2) is 6.53. The second-order valence-electron chi connectivity index (χ2n) is 5.33. The summed E-state index contributed by atoms with van der Waals surface area (Å²) in [6, 6.07) is 4.75. The van der Waals surface area contributed by atoms with Crippen molar-refractivity contribution < 1.29 is 9.50 Å². The van der Waals surface area contributed by atoms with Gasteiger partial charge in [0.15, 0.2) is 0 Å². The molecule has 100 valence electrons. The second-order valence-corrected chi connectivity index (χ2v) is 5.74. The first-order chi connectivity index (χ1) is 8.65.